The second-order valence-corrected chi connectivity index (χ2v) is 8.74. The summed E-state index contributed by atoms with van der Waals surface area (Å²) < 4.78 is 0. The summed E-state index contributed by atoms with van der Waals surface area (Å²) in [4.78, 5) is 30.3. The molecule has 2 N–H and O–H groups in total. The lowest BCUT2D eigenvalue weighted by molar-refractivity contribution is -0.130. The van der Waals surface area contributed by atoms with Gasteiger partial charge in [0.15, 0.2) is 0 Å². The Morgan fingerprint density at radius 2 is 2.07 bits per heavy atom. The van der Waals surface area contributed by atoms with Crippen LogP contribution in [-0.4, -0.2) is 52.8 Å². The smallest absolute Gasteiger partial charge is 0.224 e. The number of nitrogens with zero attached hydrogens (tertiary/aromatic N) is 1. The number of benzene rings is 1. The molecule has 1 saturated carbocycles. The van der Waals surface area contributed by atoms with Crippen molar-refractivity contribution in [2.45, 2.75) is 31.7 Å². The topological polar surface area (TPSA) is 65.2 Å². The first-order chi connectivity index (χ1) is 13.2. The molecule has 0 unspecified atom stereocenters. The number of aromatic amines is 1. The fraction of sp³-hybridized carbons (Fsp3) is 0.524. The molecule has 2 atom stereocenters. The van der Waals surface area contributed by atoms with Crippen molar-refractivity contribution in [1.29, 1.82) is 0 Å². The van der Waals surface area contributed by atoms with E-state index in [0.717, 1.165) is 28.8 Å². The minimum atomic E-state index is 0.0498. The van der Waals surface area contributed by atoms with Gasteiger partial charge in [0.05, 0.1) is 12.5 Å². The van der Waals surface area contributed by atoms with Gasteiger partial charge in [-0.1, -0.05) is 18.2 Å². The third kappa shape index (κ3) is 4.15. The summed E-state index contributed by atoms with van der Waals surface area (Å²) in [6.07, 6.45) is 7.37. The summed E-state index contributed by atoms with van der Waals surface area (Å²) in [5.41, 5.74) is 2.08. The number of hydrogen-bond donors (Lipinski definition) is 2. The molecule has 1 aliphatic heterocycles. The zero-order valence-corrected chi connectivity index (χ0v) is 16.6. The van der Waals surface area contributed by atoms with Crippen LogP contribution in [0.15, 0.2) is 30.5 Å². The SMILES string of the molecule is CSCCC(=O)N1C[C@@H](NC(=O)Cc2c[nH]c3ccccc23)[C@H](C2CC2)C1. The highest BCUT2D eigenvalue weighted by atomic mass is 32.2. The van der Waals surface area contributed by atoms with E-state index in [-0.39, 0.29) is 17.9 Å². The highest BCUT2D eigenvalue weighted by Crippen LogP contribution is 2.41. The van der Waals surface area contributed by atoms with Crippen molar-refractivity contribution in [2.24, 2.45) is 11.8 Å². The zero-order chi connectivity index (χ0) is 18.8. The first kappa shape index (κ1) is 18.4. The van der Waals surface area contributed by atoms with Crippen LogP contribution in [-0.2, 0) is 16.0 Å². The van der Waals surface area contributed by atoms with E-state index in [4.69, 9.17) is 0 Å². The Bertz CT molecular complexity index is 830. The predicted molar refractivity (Wildman–Crippen MR) is 110 cm³/mol. The molecule has 2 amide bonds. The molecule has 6 heteroatoms. The molecule has 2 fully saturated rings. The number of thioether (sulfide) groups is 1. The summed E-state index contributed by atoms with van der Waals surface area (Å²) >= 11 is 1.70. The fourth-order valence-corrected chi connectivity index (χ4v) is 4.62. The lowest BCUT2D eigenvalue weighted by atomic mass is 9.98. The number of nitrogens with one attached hydrogen (secondary N) is 2. The molecule has 4 rings (SSSR count). The number of fused-ring (bicyclic) bond motifs is 1. The van der Waals surface area contributed by atoms with Crippen molar-refractivity contribution in [1.82, 2.24) is 15.2 Å². The van der Waals surface area contributed by atoms with Crippen LogP contribution in [0.25, 0.3) is 10.9 Å². The van der Waals surface area contributed by atoms with Crippen LogP contribution in [0.3, 0.4) is 0 Å². The normalized spacial score (nSPS) is 22.3. The third-order valence-electron chi connectivity index (χ3n) is 5.84. The molecule has 2 aliphatic rings. The molecule has 2 heterocycles. The van der Waals surface area contributed by atoms with E-state index in [1.165, 1.54) is 12.8 Å². The van der Waals surface area contributed by atoms with E-state index < -0.39 is 0 Å². The standard InChI is InChI=1S/C21H27N3O2S/c1-27-9-8-21(26)24-12-17(14-6-7-14)19(13-24)23-20(25)10-15-11-22-18-5-3-2-4-16(15)18/h2-5,11,14,17,19,22H,6-10,12-13H2,1H3,(H,23,25)/t17-,19+/m0/s1. The second kappa shape index (κ2) is 7.97. The van der Waals surface area contributed by atoms with Gasteiger partial charge >= 0.3 is 0 Å². The number of H-pyrrole nitrogens is 1. The lowest BCUT2D eigenvalue weighted by Crippen LogP contribution is -2.42. The van der Waals surface area contributed by atoms with Crippen molar-refractivity contribution >= 4 is 34.5 Å². The monoisotopic (exact) mass is 385 g/mol. The van der Waals surface area contributed by atoms with Gasteiger partial charge in [0.2, 0.25) is 11.8 Å². The number of aromatic nitrogens is 1. The molecule has 0 bridgehead atoms. The largest absolute Gasteiger partial charge is 0.361 e. The van der Waals surface area contributed by atoms with Gasteiger partial charge in [-0.05, 0) is 36.6 Å². The Morgan fingerprint density at radius 1 is 1.26 bits per heavy atom. The Kier molecular flexibility index (Phi) is 5.43. The van der Waals surface area contributed by atoms with Gasteiger partial charge in [0.1, 0.15) is 0 Å². The van der Waals surface area contributed by atoms with Crippen LogP contribution in [0.1, 0.15) is 24.8 Å². The second-order valence-electron chi connectivity index (χ2n) is 7.75. The van der Waals surface area contributed by atoms with E-state index in [9.17, 15) is 9.59 Å². The quantitative estimate of drug-likeness (QED) is 0.770. The van der Waals surface area contributed by atoms with Gasteiger partial charge in [0.25, 0.3) is 0 Å². The van der Waals surface area contributed by atoms with Gasteiger partial charge in [-0.25, -0.2) is 0 Å². The molecule has 1 saturated heterocycles. The maximum absolute atomic E-state index is 12.7. The number of hydrogen-bond acceptors (Lipinski definition) is 3. The first-order valence-electron chi connectivity index (χ1n) is 9.76. The highest BCUT2D eigenvalue weighted by Gasteiger charge is 2.44. The van der Waals surface area contributed by atoms with Gasteiger partial charge in [-0.2, -0.15) is 11.8 Å². The molecule has 0 radical (unpaired) electrons. The van der Waals surface area contributed by atoms with Gasteiger partial charge in [-0.15, -0.1) is 0 Å². The Morgan fingerprint density at radius 3 is 2.85 bits per heavy atom. The predicted octanol–water partition coefficient (Wildman–Crippen LogP) is 2.82. The molecule has 5 nitrogen and oxygen atoms in total. The molecule has 2 aromatic rings. The van der Waals surface area contributed by atoms with Crippen molar-refractivity contribution in [3.05, 3.63) is 36.0 Å². The van der Waals surface area contributed by atoms with Gasteiger partial charge < -0.3 is 15.2 Å². The lowest BCUT2D eigenvalue weighted by Gasteiger charge is -2.19. The van der Waals surface area contributed by atoms with Crippen LogP contribution in [0.2, 0.25) is 0 Å². The van der Waals surface area contributed by atoms with Gasteiger partial charge in [0, 0.05) is 48.3 Å². The van der Waals surface area contributed by atoms with Gasteiger partial charge in [-0.3, -0.25) is 9.59 Å². The number of carbonyl (C=O) groups excluding carboxylic acids is 2. The number of likely N-dealkylation sites (tertiary alicyclic amines) is 1. The number of rotatable bonds is 7. The summed E-state index contributed by atoms with van der Waals surface area (Å²) in [5.74, 6) is 2.22. The van der Waals surface area contributed by atoms with Crippen LogP contribution in [0.5, 0.6) is 0 Å². The molecule has 1 aliphatic carbocycles. The number of amides is 2. The minimum absolute atomic E-state index is 0.0498. The first-order valence-corrected chi connectivity index (χ1v) is 11.2. The summed E-state index contributed by atoms with van der Waals surface area (Å²) in [7, 11) is 0. The van der Waals surface area contributed by atoms with E-state index >= 15 is 0 Å². The zero-order valence-electron chi connectivity index (χ0n) is 15.7. The maximum Gasteiger partial charge on any atom is 0.224 e. The van der Waals surface area contributed by atoms with Crippen molar-refractivity contribution in [3.8, 4) is 0 Å². The van der Waals surface area contributed by atoms with Crippen LogP contribution in [0.4, 0.5) is 0 Å². The highest BCUT2D eigenvalue weighted by molar-refractivity contribution is 7.98. The average Bonchev–Trinajstić information content (AvgIpc) is 3.32. The van der Waals surface area contributed by atoms with E-state index in [0.29, 0.717) is 31.2 Å². The third-order valence-corrected chi connectivity index (χ3v) is 6.45. The average molecular weight is 386 g/mol. The van der Waals surface area contributed by atoms with Crippen LogP contribution in [0, 0.1) is 11.8 Å². The Labute approximate surface area is 164 Å². The summed E-state index contributed by atoms with van der Waals surface area (Å²) in [6.45, 7) is 1.46. The molecular formula is C21H27N3O2S. The molecule has 1 aromatic carbocycles. The fourth-order valence-electron chi connectivity index (χ4n) is 4.24. The number of para-hydroxylation sites is 1. The van der Waals surface area contributed by atoms with Crippen LogP contribution >= 0.6 is 11.8 Å². The minimum Gasteiger partial charge on any atom is -0.361 e. The summed E-state index contributed by atoms with van der Waals surface area (Å²) in [6, 6.07) is 8.14. The molecule has 144 valence electrons. The van der Waals surface area contributed by atoms with Crippen LogP contribution < -0.4 is 5.32 Å². The molecule has 1 aromatic heterocycles. The van der Waals surface area contributed by atoms with Crippen molar-refractivity contribution in [2.75, 3.05) is 25.1 Å². The maximum atomic E-state index is 12.7. The van der Waals surface area contributed by atoms with E-state index in [2.05, 4.69) is 10.3 Å². The van der Waals surface area contributed by atoms with Crippen molar-refractivity contribution in [3.63, 3.8) is 0 Å². The molecule has 0 spiro atoms. The van der Waals surface area contributed by atoms with E-state index in [1.807, 2.05) is 41.6 Å². The summed E-state index contributed by atoms with van der Waals surface area (Å²) in [5, 5.41) is 4.35. The van der Waals surface area contributed by atoms with E-state index in [1.54, 1.807) is 11.8 Å². The Hall–Kier alpha value is -1.95. The molecular weight excluding hydrogens is 358 g/mol. The van der Waals surface area contributed by atoms with Crippen molar-refractivity contribution < 1.29 is 9.59 Å². The Balaban J connectivity index is 1.39. The molecule has 27 heavy (non-hydrogen) atoms. The number of carbonyl (C=O) groups is 2.